The first kappa shape index (κ1) is 20.7. The lowest BCUT2D eigenvalue weighted by atomic mass is 9.84. The lowest BCUT2D eigenvalue weighted by molar-refractivity contribution is -0.115. The fourth-order valence-electron chi connectivity index (χ4n) is 2.82. The SMILES string of the molecule is COc1cc(C(O)C(O)(CO)c2ccc(C=CCO)cc2OC)ccc1O. The molecule has 2 aromatic rings. The Balaban J connectivity index is 2.50. The summed E-state index contributed by atoms with van der Waals surface area (Å²) in [6.07, 6.45) is 1.69. The van der Waals surface area contributed by atoms with Crippen LogP contribution in [-0.4, -0.2) is 53.0 Å². The molecular weight excluding hydrogens is 352 g/mol. The molecule has 0 bridgehead atoms. The highest BCUT2D eigenvalue weighted by atomic mass is 16.5. The number of benzene rings is 2. The predicted octanol–water partition coefficient (Wildman–Crippen LogP) is 1.33. The Bertz CT molecular complexity index is 803. The second-order valence-corrected chi connectivity index (χ2v) is 5.96. The highest BCUT2D eigenvalue weighted by Gasteiger charge is 2.40. The molecule has 7 nitrogen and oxygen atoms in total. The summed E-state index contributed by atoms with van der Waals surface area (Å²) in [6, 6.07) is 8.95. The average molecular weight is 376 g/mol. The number of aliphatic hydroxyl groups excluding tert-OH is 3. The van der Waals surface area contributed by atoms with Crippen molar-refractivity contribution in [2.45, 2.75) is 11.7 Å². The molecule has 0 saturated heterocycles. The number of hydrogen-bond donors (Lipinski definition) is 5. The van der Waals surface area contributed by atoms with Crippen LogP contribution < -0.4 is 9.47 Å². The predicted molar refractivity (Wildman–Crippen MR) is 99.7 cm³/mol. The maximum absolute atomic E-state index is 11.1. The molecule has 0 radical (unpaired) electrons. The number of aliphatic hydroxyl groups is 4. The molecule has 0 saturated carbocycles. The average Bonchev–Trinajstić information content (AvgIpc) is 2.71. The summed E-state index contributed by atoms with van der Waals surface area (Å²) >= 11 is 0. The number of ether oxygens (including phenoxy) is 2. The largest absolute Gasteiger partial charge is 0.504 e. The van der Waals surface area contributed by atoms with Gasteiger partial charge < -0.3 is 35.0 Å². The molecule has 2 unspecified atom stereocenters. The number of aromatic hydroxyl groups is 1. The van der Waals surface area contributed by atoms with Crippen molar-refractivity contribution >= 4 is 6.08 Å². The molecule has 0 aliphatic heterocycles. The third-order valence-corrected chi connectivity index (χ3v) is 4.32. The topological polar surface area (TPSA) is 120 Å². The maximum Gasteiger partial charge on any atom is 0.160 e. The van der Waals surface area contributed by atoms with E-state index in [0.717, 1.165) is 0 Å². The van der Waals surface area contributed by atoms with E-state index >= 15 is 0 Å². The summed E-state index contributed by atoms with van der Waals surface area (Å²) < 4.78 is 10.3. The van der Waals surface area contributed by atoms with Gasteiger partial charge in [-0.15, -0.1) is 0 Å². The zero-order valence-corrected chi connectivity index (χ0v) is 15.2. The zero-order valence-electron chi connectivity index (χ0n) is 15.2. The van der Waals surface area contributed by atoms with E-state index in [4.69, 9.17) is 14.6 Å². The highest BCUT2D eigenvalue weighted by Crippen LogP contribution is 2.41. The van der Waals surface area contributed by atoms with Gasteiger partial charge in [-0.3, -0.25) is 0 Å². The van der Waals surface area contributed by atoms with Crippen molar-refractivity contribution in [2.24, 2.45) is 0 Å². The van der Waals surface area contributed by atoms with Gasteiger partial charge in [0.1, 0.15) is 17.5 Å². The van der Waals surface area contributed by atoms with Crippen LogP contribution >= 0.6 is 0 Å². The first-order valence-electron chi connectivity index (χ1n) is 8.25. The van der Waals surface area contributed by atoms with Crippen LogP contribution in [0.25, 0.3) is 6.08 Å². The van der Waals surface area contributed by atoms with Crippen LogP contribution in [0.15, 0.2) is 42.5 Å². The quantitative estimate of drug-likeness (QED) is 0.471. The molecule has 5 N–H and O–H groups in total. The Hall–Kier alpha value is -2.58. The Kier molecular flexibility index (Phi) is 6.81. The van der Waals surface area contributed by atoms with Gasteiger partial charge in [-0.05, 0) is 29.3 Å². The van der Waals surface area contributed by atoms with Crippen LogP contribution in [0, 0.1) is 0 Å². The Labute approximate surface area is 157 Å². The van der Waals surface area contributed by atoms with E-state index < -0.39 is 18.3 Å². The Morgan fingerprint density at radius 1 is 1.04 bits per heavy atom. The van der Waals surface area contributed by atoms with E-state index in [-0.39, 0.29) is 35.0 Å². The number of hydrogen-bond acceptors (Lipinski definition) is 7. The molecule has 0 heterocycles. The molecule has 0 aromatic heterocycles. The molecule has 0 spiro atoms. The third kappa shape index (κ3) is 4.23. The first-order chi connectivity index (χ1) is 12.9. The van der Waals surface area contributed by atoms with Gasteiger partial charge in [0, 0.05) is 5.56 Å². The minimum Gasteiger partial charge on any atom is -0.504 e. The van der Waals surface area contributed by atoms with Gasteiger partial charge >= 0.3 is 0 Å². The van der Waals surface area contributed by atoms with Crippen molar-refractivity contribution in [1.82, 2.24) is 0 Å². The molecule has 0 aliphatic rings. The van der Waals surface area contributed by atoms with Gasteiger partial charge in [0.2, 0.25) is 0 Å². The van der Waals surface area contributed by atoms with Crippen LogP contribution in [0.4, 0.5) is 0 Å². The summed E-state index contributed by atoms with van der Waals surface area (Å²) in [7, 11) is 2.78. The van der Waals surface area contributed by atoms with Crippen molar-refractivity contribution in [3.63, 3.8) is 0 Å². The van der Waals surface area contributed by atoms with E-state index in [1.54, 1.807) is 24.3 Å². The highest BCUT2D eigenvalue weighted by molar-refractivity contribution is 5.55. The molecule has 146 valence electrons. The fourth-order valence-corrected chi connectivity index (χ4v) is 2.82. The molecule has 0 fully saturated rings. The Morgan fingerprint density at radius 3 is 2.33 bits per heavy atom. The van der Waals surface area contributed by atoms with E-state index in [1.165, 1.54) is 38.5 Å². The third-order valence-electron chi connectivity index (χ3n) is 4.32. The smallest absolute Gasteiger partial charge is 0.160 e. The van der Waals surface area contributed by atoms with E-state index in [1.807, 2.05) is 0 Å². The van der Waals surface area contributed by atoms with E-state index in [2.05, 4.69) is 0 Å². The Morgan fingerprint density at radius 2 is 1.74 bits per heavy atom. The first-order valence-corrected chi connectivity index (χ1v) is 8.25. The normalized spacial score (nSPS) is 14.7. The molecule has 7 heteroatoms. The minimum absolute atomic E-state index is 0.112. The second-order valence-electron chi connectivity index (χ2n) is 5.96. The lowest BCUT2D eigenvalue weighted by Gasteiger charge is -2.33. The molecule has 0 aliphatic carbocycles. The molecule has 2 atom stereocenters. The molecule has 0 amide bonds. The van der Waals surface area contributed by atoms with Gasteiger partial charge in [0.25, 0.3) is 0 Å². The fraction of sp³-hybridized carbons (Fsp3) is 0.300. The van der Waals surface area contributed by atoms with Crippen LogP contribution in [-0.2, 0) is 5.60 Å². The maximum atomic E-state index is 11.1. The number of phenolic OH excluding ortho intramolecular Hbond substituents is 1. The lowest BCUT2D eigenvalue weighted by Crippen LogP contribution is -2.37. The molecule has 2 aromatic carbocycles. The second kappa shape index (κ2) is 8.88. The van der Waals surface area contributed by atoms with Gasteiger partial charge in [0.15, 0.2) is 11.5 Å². The van der Waals surface area contributed by atoms with Crippen LogP contribution in [0.3, 0.4) is 0 Å². The van der Waals surface area contributed by atoms with Crippen molar-refractivity contribution in [1.29, 1.82) is 0 Å². The van der Waals surface area contributed by atoms with Gasteiger partial charge in [0.05, 0.1) is 27.4 Å². The minimum atomic E-state index is -2.06. The van der Waals surface area contributed by atoms with Crippen molar-refractivity contribution in [3.8, 4) is 17.2 Å². The summed E-state index contributed by atoms with van der Waals surface area (Å²) in [5.41, 5.74) is -0.918. The van der Waals surface area contributed by atoms with Crippen LogP contribution in [0.5, 0.6) is 17.2 Å². The van der Waals surface area contributed by atoms with Crippen molar-refractivity contribution in [3.05, 3.63) is 59.2 Å². The molecule has 27 heavy (non-hydrogen) atoms. The summed E-state index contributed by atoms with van der Waals surface area (Å²) in [5.74, 6) is 0.276. The number of rotatable bonds is 8. The molecular formula is C20H24O7. The monoisotopic (exact) mass is 376 g/mol. The van der Waals surface area contributed by atoms with Crippen molar-refractivity contribution in [2.75, 3.05) is 27.4 Å². The van der Waals surface area contributed by atoms with Crippen LogP contribution in [0.1, 0.15) is 22.8 Å². The number of phenols is 1. The summed E-state index contributed by atoms with van der Waals surface area (Å²) in [4.78, 5) is 0. The number of methoxy groups -OCH3 is 2. The molecule has 2 rings (SSSR count). The van der Waals surface area contributed by atoms with Gasteiger partial charge in [-0.1, -0.05) is 30.4 Å². The van der Waals surface area contributed by atoms with Crippen molar-refractivity contribution < 1.29 is 35.0 Å². The summed E-state index contributed by atoms with van der Waals surface area (Å²) in [6.45, 7) is -0.897. The van der Waals surface area contributed by atoms with Crippen LogP contribution in [0.2, 0.25) is 0 Å². The summed E-state index contributed by atoms with van der Waals surface area (Å²) in [5, 5.41) is 50.4. The van der Waals surface area contributed by atoms with E-state index in [9.17, 15) is 20.4 Å². The standard InChI is InChI=1S/C20H24O7/c1-26-17-10-13(4-3-9-21)5-7-15(17)20(25,12-22)19(24)14-6-8-16(23)18(11-14)27-2/h3-8,10-11,19,21-25H,9,12H2,1-2H3. The zero-order chi connectivity index (χ0) is 20.0. The van der Waals surface area contributed by atoms with E-state index in [0.29, 0.717) is 5.56 Å². The van der Waals surface area contributed by atoms with Gasteiger partial charge in [-0.25, -0.2) is 0 Å². The van der Waals surface area contributed by atoms with Gasteiger partial charge in [-0.2, -0.15) is 0 Å².